The number of rotatable bonds is 12. The van der Waals surface area contributed by atoms with Crippen LogP contribution in [0.2, 0.25) is 0 Å². The number of benzene rings is 2. The van der Waals surface area contributed by atoms with E-state index in [0.717, 1.165) is 59.9 Å². The van der Waals surface area contributed by atoms with E-state index < -0.39 is 0 Å². The molecule has 0 bridgehead atoms. The number of aryl methyl sites for hydroxylation is 1. The molecule has 3 heterocycles. The average Bonchev–Trinajstić information content (AvgIpc) is 3.31. The van der Waals surface area contributed by atoms with E-state index in [2.05, 4.69) is 84.9 Å². The van der Waals surface area contributed by atoms with E-state index in [1.807, 2.05) is 15.9 Å². The maximum absolute atomic E-state index is 13.1. The molecule has 43 heavy (non-hydrogen) atoms. The second-order valence-electron chi connectivity index (χ2n) is 11.8. The van der Waals surface area contributed by atoms with Crippen LogP contribution in [0.3, 0.4) is 0 Å². The molecule has 0 radical (unpaired) electrons. The number of fused-ring (bicyclic) bond motifs is 3. The highest BCUT2D eigenvalue weighted by molar-refractivity contribution is 7.99. The van der Waals surface area contributed by atoms with Crippen molar-refractivity contribution in [3.05, 3.63) is 59.7 Å². The van der Waals surface area contributed by atoms with Crippen molar-refractivity contribution in [2.24, 2.45) is 5.92 Å². The van der Waals surface area contributed by atoms with E-state index in [1.165, 1.54) is 11.1 Å². The van der Waals surface area contributed by atoms with Crippen molar-refractivity contribution in [1.82, 2.24) is 29.5 Å². The van der Waals surface area contributed by atoms with Gasteiger partial charge in [0.25, 0.3) is 0 Å². The summed E-state index contributed by atoms with van der Waals surface area (Å²) in [5, 5.41) is 10.7. The number of nitrogens with zero attached hydrogens (tertiary/aromatic N) is 6. The van der Waals surface area contributed by atoms with E-state index >= 15 is 0 Å². The van der Waals surface area contributed by atoms with Crippen molar-refractivity contribution in [2.75, 3.05) is 25.4 Å². The lowest BCUT2D eigenvalue weighted by Gasteiger charge is -2.41. The van der Waals surface area contributed by atoms with Gasteiger partial charge in [-0.25, -0.2) is 4.98 Å². The Morgan fingerprint density at radius 1 is 1.05 bits per heavy atom. The first kappa shape index (κ1) is 31.0. The van der Waals surface area contributed by atoms with Crippen LogP contribution in [0.1, 0.15) is 70.4 Å². The summed E-state index contributed by atoms with van der Waals surface area (Å²) in [6.07, 6.45) is 5.24. The fraction of sp³-hybridized carbons (Fsp3) is 0.500. The molecule has 0 N–H and O–H groups in total. The molecule has 0 saturated carbocycles. The molecule has 1 saturated heterocycles. The van der Waals surface area contributed by atoms with Crippen molar-refractivity contribution < 1.29 is 9.59 Å². The number of unbranched alkanes of at least 4 members (excludes halogenated alkanes) is 1. The van der Waals surface area contributed by atoms with Gasteiger partial charge in [-0.05, 0) is 50.8 Å². The molecule has 0 aliphatic carbocycles. The van der Waals surface area contributed by atoms with Gasteiger partial charge >= 0.3 is 0 Å². The first-order chi connectivity index (χ1) is 20.9. The van der Waals surface area contributed by atoms with Crippen molar-refractivity contribution in [3.8, 4) is 0 Å². The van der Waals surface area contributed by atoms with Crippen molar-refractivity contribution in [1.29, 1.82) is 0 Å². The highest BCUT2D eigenvalue weighted by Gasteiger charge is 2.32. The van der Waals surface area contributed by atoms with Crippen LogP contribution in [0, 0.1) is 12.8 Å². The Labute approximate surface area is 259 Å². The molecule has 2 aromatic carbocycles. The summed E-state index contributed by atoms with van der Waals surface area (Å²) in [6, 6.07) is 16.9. The van der Waals surface area contributed by atoms with Gasteiger partial charge in [-0.2, -0.15) is 0 Å². The van der Waals surface area contributed by atoms with E-state index in [-0.39, 0.29) is 23.8 Å². The predicted molar refractivity (Wildman–Crippen MR) is 174 cm³/mol. The number of aromatic nitrogens is 4. The molecule has 1 aliphatic heterocycles. The number of carbonyl (C=O) groups is 2. The lowest BCUT2D eigenvalue weighted by molar-refractivity contribution is -0.145. The van der Waals surface area contributed by atoms with Crippen LogP contribution in [0.15, 0.2) is 53.7 Å². The second-order valence-corrected chi connectivity index (χ2v) is 12.8. The van der Waals surface area contributed by atoms with Gasteiger partial charge in [0.05, 0.1) is 5.52 Å². The molecule has 0 spiro atoms. The predicted octanol–water partition coefficient (Wildman–Crippen LogP) is 6.48. The maximum Gasteiger partial charge on any atom is 0.226 e. The number of carbonyl (C=O) groups excluding carboxylic acids is 2. The summed E-state index contributed by atoms with van der Waals surface area (Å²) in [4.78, 5) is 35.0. The highest BCUT2D eigenvalue weighted by Crippen LogP contribution is 2.29. The molecule has 8 nitrogen and oxygen atoms in total. The third kappa shape index (κ3) is 7.20. The van der Waals surface area contributed by atoms with Gasteiger partial charge in [0.2, 0.25) is 17.0 Å². The van der Waals surface area contributed by atoms with Crippen LogP contribution in [0.4, 0.5) is 0 Å². The minimum Gasteiger partial charge on any atom is -0.339 e. The molecule has 2 unspecified atom stereocenters. The zero-order valence-electron chi connectivity index (χ0n) is 26.0. The van der Waals surface area contributed by atoms with Crippen molar-refractivity contribution >= 4 is 45.6 Å². The molecule has 5 rings (SSSR count). The van der Waals surface area contributed by atoms with Crippen LogP contribution in [-0.2, 0) is 16.1 Å². The largest absolute Gasteiger partial charge is 0.339 e. The fourth-order valence-electron chi connectivity index (χ4n) is 6.09. The number of piperazine rings is 1. The Morgan fingerprint density at radius 2 is 1.86 bits per heavy atom. The van der Waals surface area contributed by atoms with Gasteiger partial charge < -0.3 is 14.4 Å². The summed E-state index contributed by atoms with van der Waals surface area (Å²) in [6.45, 7) is 11.0. The van der Waals surface area contributed by atoms with Crippen LogP contribution in [0.25, 0.3) is 22.1 Å². The Balaban J connectivity index is 1.18. The second kappa shape index (κ2) is 14.3. The number of hydrogen-bond donors (Lipinski definition) is 0. The minimum absolute atomic E-state index is 0.0490. The van der Waals surface area contributed by atoms with Crippen molar-refractivity contribution in [3.63, 3.8) is 0 Å². The van der Waals surface area contributed by atoms with Crippen molar-refractivity contribution in [2.45, 2.75) is 84.0 Å². The SMILES string of the molecule is CCCCC(CC)C(=O)N1CCN(C(=O)CCCSc2nnc3c4cc(C)ccc4n(Cc4ccccc4)c3n2)CC1C. The summed E-state index contributed by atoms with van der Waals surface area (Å²) in [7, 11) is 0. The van der Waals surface area contributed by atoms with E-state index in [9.17, 15) is 9.59 Å². The van der Waals surface area contributed by atoms with Crippen LogP contribution >= 0.6 is 11.8 Å². The Morgan fingerprint density at radius 3 is 2.60 bits per heavy atom. The highest BCUT2D eigenvalue weighted by atomic mass is 32.2. The monoisotopic (exact) mass is 600 g/mol. The Hall–Kier alpha value is -3.46. The summed E-state index contributed by atoms with van der Waals surface area (Å²) in [5.74, 6) is 1.25. The number of hydrogen-bond acceptors (Lipinski definition) is 6. The van der Waals surface area contributed by atoms with E-state index in [4.69, 9.17) is 4.98 Å². The maximum atomic E-state index is 13.1. The molecule has 1 aliphatic rings. The lowest BCUT2D eigenvalue weighted by atomic mass is 9.96. The molecule has 2 amide bonds. The first-order valence-corrected chi connectivity index (χ1v) is 16.8. The number of thioether (sulfide) groups is 1. The van der Waals surface area contributed by atoms with Gasteiger partial charge in [-0.3, -0.25) is 9.59 Å². The molecule has 2 aromatic heterocycles. The summed E-state index contributed by atoms with van der Waals surface area (Å²) >= 11 is 1.55. The fourth-order valence-corrected chi connectivity index (χ4v) is 6.81. The molecule has 9 heteroatoms. The molecule has 4 aromatic rings. The normalized spacial score (nSPS) is 16.2. The van der Waals surface area contributed by atoms with Gasteiger partial charge in [0.1, 0.15) is 5.52 Å². The summed E-state index contributed by atoms with van der Waals surface area (Å²) in [5.41, 5.74) is 5.13. The topological polar surface area (TPSA) is 84.2 Å². The zero-order chi connectivity index (χ0) is 30.3. The third-order valence-electron chi connectivity index (χ3n) is 8.56. The van der Waals surface area contributed by atoms with E-state index in [0.29, 0.717) is 37.8 Å². The number of amides is 2. The van der Waals surface area contributed by atoms with Crippen LogP contribution in [-0.4, -0.2) is 72.8 Å². The molecule has 228 valence electrons. The van der Waals surface area contributed by atoms with Crippen LogP contribution in [0.5, 0.6) is 0 Å². The van der Waals surface area contributed by atoms with E-state index in [1.54, 1.807) is 11.8 Å². The zero-order valence-corrected chi connectivity index (χ0v) is 26.8. The van der Waals surface area contributed by atoms with Gasteiger partial charge in [-0.15, -0.1) is 10.2 Å². The van der Waals surface area contributed by atoms with Gasteiger partial charge in [0, 0.05) is 55.7 Å². The summed E-state index contributed by atoms with van der Waals surface area (Å²) < 4.78 is 2.22. The van der Waals surface area contributed by atoms with Gasteiger partial charge in [0.15, 0.2) is 5.65 Å². The Bertz CT molecular complexity index is 1560. The minimum atomic E-state index is 0.0490. The van der Waals surface area contributed by atoms with Gasteiger partial charge in [-0.1, -0.05) is 80.4 Å². The Kier molecular flexibility index (Phi) is 10.3. The lowest BCUT2D eigenvalue weighted by Crippen LogP contribution is -2.56. The van der Waals surface area contributed by atoms with Crippen LogP contribution < -0.4 is 0 Å². The third-order valence-corrected chi connectivity index (χ3v) is 9.49. The molecular formula is C34H44N6O2S. The average molecular weight is 601 g/mol. The smallest absolute Gasteiger partial charge is 0.226 e. The standard InChI is InChI=1S/C34H44N6O2S/c1-5-7-14-27(6-2)33(42)39-19-18-38(22-25(39)4)30(41)15-11-20-43-34-35-32-31(36-37-34)28-21-24(3)16-17-29(28)40(32)23-26-12-9-8-10-13-26/h8-10,12-13,16-17,21,25,27H,5-7,11,14-15,18-20,22-23H2,1-4H3. The first-order valence-electron chi connectivity index (χ1n) is 15.8. The quantitative estimate of drug-likeness (QED) is 0.137. The molecule has 2 atom stereocenters. The molecular weight excluding hydrogens is 556 g/mol. The molecule has 1 fully saturated rings.